The molecule has 2 heterocycles. The van der Waals surface area contributed by atoms with Crippen LogP contribution in [0.1, 0.15) is 143 Å². The normalized spacial score (nSPS) is 11.8. The molecule has 5 heteroatoms. The fraction of sp³-hybridized carbons (Fsp3) is 0.348. The summed E-state index contributed by atoms with van der Waals surface area (Å²) in [6.45, 7) is 30.4. The number of pyridine rings is 2. The van der Waals surface area contributed by atoms with Gasteiger partial charge in [-0.25, -0.2) is 0 Å². The van der Waals surface area contributed by atoms with Crippen molar-refractivity contribution in [3.05, 3.63) is 192 Å². The van der Waals surface area contributed by atoms with Gasteiger partial charge in [-0.2, -0.15) is 0 Å². The Hall–Kier alpha value is -6.00. The van der Waals surface area contributed by atoms with Crippen LogP contribution >= 0.6 is 0 Å². The summed E-state index contributed by atoms with van der Waals surface area (Å²) >= 11 is 0. The summed E-state index contributed by atoms with van der Waals surface area (Å²) in [4.78, 5) is 21.1. The minimum absolute atomic E-state index is 0. The zero-order valence-corrected chi connectivity index (χ0v) is 49.1. The molecule has 0 aliphatic heterocycles. The maximum atomic E-state index is 11.7. The molecule has 1 N–H and O–H groups in total. The van der Waals surface area contributed by atoms with Gasteiger partial charge in [-0.05, 0) is 111 Å². The zero-order chi connectivity index (χ0) is 53.0. The molecule has 6 aromatic carbocycles. The van der Waals surface area contributed by atoms with E-state index in [1.165, 1.54) is 61.2 Å². The van der Waals surface area contributed by atoms with Crippen molar-refractivity contribution in [1.29, 1.82) is 0 Å². The number of aliphatic hydroxyl groups is 1. The molecule has 8 rings (SSSR count). The molecule has 0 atom stereocenters. The van der Waals surface area contributed by atoms with Crippen molar-refractivity contribution in [3.63, 3.8) is 0 Å². The molecular weight excluding hydrogens is 1080 g/mol. The van der Waals surface area contributed by atoms with Crippen molar-refractivity contribution in [3.8, 4) is 44.8 Å². The van der Waals surface area contributed by atoms with E-state index in [0.29, 0.717) is 11.3 Å². The summed E-state index contributed by atoms with van der Waals surface area (Å²) in [5, 5.41) is 14.6. The second-order valence-corrected chi connectivity index (χ2v) is 22.4. The molecule has 8 aromatic rings. The van der Waals surface area contributed by atoms with E-state index < -0.39 is 0 Å². The van der Waals surface area contributed by atoms with E-state index in [1.807, 2.05) is 40.1 Å². The second-order valence-electron chi connectivity index (χ2n) is 22.4. The summed E-state index contributed by atoms with van der Waals surface area (Å²) in [5.41, 5.74) is 15.7. The predicted molar refractivity (Wildman–Crippen MR) is 312 cm³/mol. The Morgan fingerprint density at radius 2 is 1.22 bits per heavy atom. The summed E-state index contributed by atoms with van der Waals surface area (Å²) in [5.74, 6) is 1.09. The van der Waals surface area contributed by atoms with Crippen LogP contribution in [0.2, 0.25) is 0 Å². The molecule has 0 bridgehead atoms. The molecule has 0 fully saturated rings. The fourth-order valence-electron chi connectivity index (χ4n) is 9.60. The second kappa shape index (κ2) is 26.5. The van der Waals surface area contributed by atoms with E-state index in [2.05, 4.69) is 214 Å². The van der Waals surface area contributed by atoms with Gasteiger partial charge in [0.25, 0.3) is 0 Å². The van der Waals surface area contributed by atoms with Crippen LogP contribution in [0, 0.1) is 43.2 Å². The van der Waals surface area contributed by atoms with E-state index >= 15 is 0 Å². The molecule has 1 radical (unpaired) electrons. The number of ketones is 1. The third-order valence-corrected chi connectivity index (χ3v) is 13.8. The van der Waals surface area contributed by atoms with Gasteiger partial charge in [0.2, 0.25) is 0 Å². The molecule has 0 spiro atoms. The average Bonchev–Trinajstić information content (AvgIpc) is 3.36. The molecule has 0 saturated heterocycles. The van der Waals surface area contributed by atoms with Gasteiger partial charge in [0.15, 0.2) is 5.78 Å². The Bertz CT molecular complexity index is 3100. The summed E-state index contributed by atoms with van der Waals surface area (Å²) in [6.07, 6.45) is 9.80. The van der Waals surface area contributed by atoms with Crippen LogP contribution in [-0.2, 0) is 36.7 Å². The maximum Gasteiger partial charge on any atom is 0.162 e. The van der Waals surface area contributed by atoms with Crippen LogP contribution in [0.5, 0.6) is 0 Å². The topological polar surface area (TPSA) is 63.1 Å². The van der Waals surface area contributed by atoms with Gasteiger partial charge in [0.1, 0.15) is 0 Å². The van der Waals surface area contributed by atoms with Gasteiger partial charge in [-0.15, -0.1) is 64.0 Å². The van der Waals surface area contributed by atoms with Gasteiger partial charge in [0, 0.05) is 56.1 Å². The summed E-state index contributed by atoms with van der Waals surface area (Å²) < 4.78 is 0. The van der Waals surface area contributed by atoms with Gasteiger partial charge >= 0.3 is 0 Å². The van der Waals surface area contributed by atoms with Crippen LogP contribution < -0.4 is 0 Å². The number of benzene rings is 6. The molecule has 0 unspecified atom stereocenters. The van der Waals surface area contributed by atoms with E-state index in [1.54, 1.807) is 0 Å². The number of aromatic nitrogens is 2. The van der Waals surface area contributed by atoms with Crippen molar-refractivity contribution < 1.29 is 30.0 Å². The molecule has 4 nitrogen and oxygen atoms in total. The number of aryl methyl sites for hydroxylation is 2. The van der Waals surface area contributed by atoms with E-state index in [4.69, 9.17) is 4.98 Å². The van der Waals surface area contributed by atoms with Crippen molar-refractivity contribution >= 4 is 27.3 Å². The Morgan fingerprint density at radius 3 is 1.80 bits per heavy atom. The molecule has 0 amide bonds. The standard InChI is InChI=1S/C36H36N.C20H20N.C13H24O2.Ir/c1-35(2,3)24-25-11-13-26(14-12-25)27-15-17-28(18-16-27)29-19-20-37-34(23-29)31-21-30-9-7-8-10-32(30)33(22-31)36(4,5)6;1-13(2)16-5-6-19-17(12-16)7-8-21-20(19)18-10-14(3)9-15(4)11-18;1-5-10(6-2)12(14)9-13(15)11(7-3)8-4;/h7-20,22-23H,24H2,1-6H3;5-10,12-13H,1-4H3;9-11,14H,5-8H2,1-4H3;/q2*-1;;/b;;12-9-;. The number of rotatable bonds is 13. The van der Waals surface area contributed by atoms with Crippen molar-refractivity contribution in [2.75, 3.05) is 0 Å². The Balaban J connectivity index is 0.000000231. The molecule has 389 valence electrons. The minimum atomic E-state index is 0. The van der Waals surface area contributed by atoms with Crippen LogP contribution in [0.4, 0.5) is 0 Å². The van der Waals surface area contributed by atoms with Crippen molar-refractivity contribution in [1.82, 2.24) is 9.97 Å². The molecular formula is C69H80IrN2O2-2. The number of carbonyl (C=O) groups excluding carboxylic acids is 1. The van der Waals surface area contributed by atoms with Crippen LogP contribution in [0.15, 0.2) is 152 Å². The quantitative estimate of drug-likeness (QED) is 0.0710. The number of aliphatic hydroxyl groups excluding tert-OH is 1. The molecule has 0 aliphatic rings. The predicted octanol–water partition coefficient (Wildman–Crippen LogP) is 19.2. The van der Waals surface area contributed by atoms with Crippen LogP contribution in [0.3, 0.4) is 0 Å². The monoisotopic (exact) mass is 1160 g/mol. The first kappa shape index (κ1) is 58.9. The first-order valence-electron chi connectivity index (χ1n) is 26.7. The first-order valence-corrected chi connectivity index (χ1v) is 26.7. The Labute approximate surface area is 458 Å². The van der Waals surface area contributed by atoms with E-state index in [9.17, 15) is 9.90 Å². The Morgan fingerprint density at radius 1 is 0.622 bits per heavy atom. The first-order chi connectivity index (χ1) is 34.7. The largest absolute Gasteiger partial charge is 0.512 e. The van der Waals surface area contributed by atoms with Gasteiger partial charge in [0.05, 0.1) is 5.76 Å². The fourth-order valence-corrected chi connectivity index (χ4v) is 9.60. The van der Waals surface area contributed by atoms with Crippen molar-refractivity contribution in [2.45, 2.75) is 140 Å². The molecule has 2 aromatic heterocycles. The smallest absolute Gasteiger partial charge is 0.162 e. The van der Waals surface area contributed by atoms with Crippen LogP contribution in [0.25, 0.3) is 66.3 Å². The minimum Gasteiger partial charge on any atom is -0.512 e. The zero-order valence-electron chi connectivity index (χ0n) is 46.7. The van der Waals surface area contributed by atoms with Gasteiger partial charge in [-0.3, -0.25) is 9.78 Å². The number of hydrogen-bond donors (Lipinski definition) is 1. The summed E-state index contributed by atoms with van der Waals surface area (Å²) in [6, 6.07) is 53.0. The number of hydrogen-bond acceptors (Lipinski definition) is 4. The SMILES string of the molecule is CC(C)(C)Cc1ccc(-c2ccc(-c3ccnc(-c4[c-]c5ccccc5c(C(C)(C)C)c4)c3)cc2)cc1.CCC(CC)C(=O)/C=C(\O)C(CC)CC.Cc1[c-]c(-c2nccc3cc(C(C)C)ccc23)cc(C)c1.[Ir]. The number of fused-ring (bicyclic) bond motifs is 2. The Kier molecular flexibility index (Phi) is 21.1. The molecule has 0 saturated carbocycles. The van der Waals surface area contributed by atoms with Gasteiger partial charge in [-0.1, -0.05) is 199 Å². The number of nitrogens with zero attached hydrogens (tertiary/aromatic N) is 2. The van der Waals surface area contributed by atoms with Gasteiger partial charge < -0.3 is 10.1 Å². The third-order valence-electron chi connectivity index (χ3n) is 13.8. The van der Waals surface area contributed by atoms with Crippen LogP contribution in [-0.4, -0.2) is 20.9 Å². The van der Waals surface area contributed by atoms with E-state index in [0.717, 1.165) is 71.1 Å². The number of allylic oxidation sites excluding steroid dienone is 2. The molecule has 74 heavy (non-hydrogen) atoms. The van der Waals surface area contributed by atoms with E-state index in [-0.39, 0.29) is 48.9 Å². The summed E-state index contributed by atoms with van der Waals surface area (Å²) in [7, 11) is 0. The molecule has 0 aliphatic carbocycles. The number of carbonyl (C=O) groups is 1. The average molecular weight is 1160 g/mol. The van der Waals surface area contributed by atoms with Crippen molar-refractivity contribution in [2.24, 2.45) is 17.3 Å². The third kappa shape index (κ3) is 15.8. The maximum absolute atomic E-state index is 11.7.